The molecule has 19 heavy (non-hydrogen) atoms. The summed E-state index contributed by atoms with van der Waals surface area (Å²) in [5, 5.41) is 3.69. The molecule has 0 saturated heterocycles. The Labute approximate surface area is 123 Å². The maximum Gasteiger partial charge on any atom is 0.0198 e. The first-order chi connectivity index (χ1) is 9.17. The number of rotatable bonds is 9. The van der Waals surface area contributed by atoms with Gasteiger partial charge in [-0.2, -0.15) is 11.8 Å². The van der Waals surface area contributed by atoms with Gasteiger partial charge in [0.2, 0.25) is 0 Å². The molecule has 0 spiro atoms. The molecule has 0 aliphatic heterocycles. The average Bonchev–Trinajstić information content (AvgIpc) is 2.40. The van der Waals surface area contributed by atoms with E-state index in [-0.39, 0.29) is 0 Å². The Morgan fingerprint density at radius 2 is 1.89 bits per heavy atom. The Morgan fingerprint density at radius 3 is 2.53 bits per heavy atom. The summed E-state index contributed by atoms with van der Waals surface area (Å²) in [6.07, 6.45) is 3.63. The third-order valence-electron chi connectivity index (χ3n) is 3.40. The van der Waals surface area contributed by atoms with Gasteiger partial charge in [0.15, 0.2) is 0 Å². The van der Waals surface area contributed by atoms with E-state index in [4.69, 9.17) is 0 Å². The number of aryl methyl sites for hydroxylation is 2. The molecule has 1 atom stereocenters. The molecule has 0 bridgehead atoms. The Bertz CT molecular complexity index is 362. The van der Waals surface area contributed by atoms with Crippen molar-refractivity contribution in [1.82, 2.24) is 5.32 Å². The molecular formula is C17H29NS. The zero-order chi connectivity index (χ0) is 14.1. The Kier molecular flexibility index (Phi) is 8.24. The van der Waals surface area contributed by atoms with Crippen LogP contribution in [0, 0.1) is 13.8 Å². The highest BCUT2D eigenvalue weighted by atomic mass is 32.2. The second kappa shape index (κ2) is 9.44. The second-order valence-electron chi connectivity index (χ2n) is 5.35. The fourth-order valence-corrected chi connectivity index (χ4v) is 3.10. The summed E-state index contributed by atoms with van der Waals surface area (Å²) >= 11 is 2.08. The fraction of sp³-hybridized carbons (Fsp3) is 0.647. The molecule has 0 aliphatic carbocycles. The summed E-state index contributed by atoms with van der Waals surface area (Å²) in [6, 6.07) is 7.49. The Balaban J connectivity index is 2.56. The zero-order valence-corrected chi connectivity index (χ0v) is 13.8. The van der Waals surface area contributed by atoms with Crippen LogP contribution in [0.1, 0.15) is 43.4 Å². The van der Waals surface area contributed by atoms with Crippen LogP contribution in [0.15, 0.2) is 18.2 Å². The molecule has 0 aromatic heterocycles. The van der Waals surface area contributed by atoms with Gasteiger partial charge in [0.25, 0.3) is 0 Å². The summed E-state index contributed by atoms with van der Waals surface area (Å²) in [7, 11) is 0. The van der Waals surface area contributed by atoms with E-state index in [0.717, 1.165) is 13.0 Å². The van der Waals surface area contributed by atoms with Crippen molar-refractivity contribution in [2.45, 2.75) is 53.0 Å². The summed E-state index contributed by atoms with van der Waals surface area (Å²) in [6.45, 7) is 10.0. The van der Waals surface area contributed by atoms with Crippen LogP contribution in [-0.2, 0) is 6.42 Å². The maximum absolute atomic E-state index is 3.69. The van der Waals surface area contributed by atoms with E-state index >= 15 is 0 Å². The van der Waals surface area contributed by atoms with Gasteiger partial charge in [-0.1, -0.05) is 32.0 Å². The number of hydrogen-bond acceptors (Lipinski definition) is 2. The highest BCUT2D eigenvalue weighted by Crippen LogP contribution is 2.14. The third kappa shape index (κ3) is 6.49. The van der Waals surface area contributed by atoms with Crippen LogP contribution in [0.4, 0.5) is 0 Å². The van der Waals surface area contributed by atoms with Crippen LogP contribution in [-0.4, -0.2) is 24.1 Å². The largest absolute Gasteiger partial charge is 0.313 e. The number of hydrogen-bond donors (Lipinski definition) is 1. The van der Waals surface area contributed by atoms with Crippen molar-refractivity contribution >= 4 is 11.8 Å². The molecule has 0 saturated carbocycles. The minimum Gasteiger partial charge on any atom is -0.313 e. The van der Waals surface area contributed by atoms with Crippen LogP contribution in [0.25, 0.3) is 0 Å². The number of nitrogens with one attached hydrogen (secondary N) is 1. The van der Waals surface area contributed by atoms with Gasteiger partial charge in [0.1, 0.15) is 0 Å². The van der Waals surface area contributed by atoms with Crippen LogP contribution in [0.3, 0.4) is 0 Å². The molecule has 0 heterocycles. The first kappa shape index (κ1) is 16.6. The van der Waals surface area contributed by atoms with E-state index < -0.39 is 0 Å². The molecule has 1 N–H and O–H groups in total. The molecule has 1 nitrogen and oxygen atoms in total. The van der Waals surface area contributed by atoms with Crippen molar-refractivity contribution in [3.05, 3.63) is 34.9 Å². The SMILES string of the molecule is CCCNC(CSCCC)Cc1ccc(C)c(C)c1. The second-order valence-corrected chi connectivity index (χ2v) is 6.50. The Hall–Kier alpha value is -0.470. The summed E-state index contributed by atoms with van der Waals surface area (Å²) in [4.78, 5) is 0. The molecule has 1 unspecified atom stereocenters. The van der Waals surface area contributed by atoms with E-state index in [1.54, 1.807) is 0 Å². The highest BCUT2D eigenvalue weighted by Gasteiger charge is 2.09. The van der Waals surface area contributed by atoms with Crippen LogP contribution >= 0.6 is 11.8 Å². The van der Waals surface area contributed by atoms with E-state index in [2.05, 4.69) is 63.0 Å². The van der Waals surface area contributed by atoms with Crippen molar-refractivity contribution < 1.29 is 0 Å². The first-order valence-corrected chi connectivity index (χ1v) is 8.70. The molecule has 0 fully saturated rings. The smallest absolute Gasteiger partial charge is 0.0198 e. The van der Waals surface area contributed by atoms with Gasteiger partial charge in [-0.05, 0) is 62.1 Å². The zero-order valence-electron chi connectivity index (χ0n) is 13.0. The number of benzene rings is 1. The normalized spacial score (nSPS) is 12.6. The van der Waals surface area contributed by atoms with Crippen molar-refractivity contribution in [2.75, 3.05) is 18.1 Å². The lowest BCUT2D eigenvalue weighted by atomic mass is 10.0. The van der Waals surface area contributed by atoms with Gasteiger partial charge in [-0.25, -0.2) is 0 Å². The topological polar surface area (TPSA) is 12.0 Å². The van der Waals surface area contributed by atoms with Gasteiger partial charge in [-0.15, -0.1) is 0 Å². The van der Waals surface area contributed by atoms with Crippen molar-refractivity contribution in [2.24, 2.45) is 0 Å². The molecule has 0 amide bonds. The van der Waals surface area contributed by atoms with Gasteiger partial charge in [0, 0.05) is 11.8 Å². The van der Waals surface area contributed by atoms with Gasteiger partial charge < -0.3 is 5.32 Å². The number of thioether (sulfide) groups is 1. The van der Waals surface area contributed by atoms with E-state index in [9.17, 15) is 0 Å². The lowest BCUT2D eigenvalue weighted by Crippen LogP contribution is -2.34. The quantitative estimate of drug-likeness (QED) is 0.674. The van der Waals surface area contributed by atoms with E-state index in [1.807, 2.05) is 0 Å². The highest BCUT2D eigenvalue weighted by molar-refractivity contribution is 7.99. The van der Waals surface area contributed by atoms with Crippen molar-refractivity contribution in [3.8, 4) is 0 Å². The Morgan fingerprint density at radius 1 is 1.11 bits per heavy atom. The lowest BCUT2D eigenvalue weighted by Gasteiger charge is -2.19. The predicted octanol–water partition coefficient (Wildman–Crippen LogP) is 4.36. The molecular weight excluding hydrogens is 250 g/mol. The lowest BCUT2D eigenvalue weighted by molar-refractivity contribution is 0.550. The van der Waals surface area contributed by atoms with E-state index in [1.165, 1.54) is 41.0 Å². The summed E-state index contributed by atoms with van der Waals surface area (Å²) in [5.41, 5.74) is 4.27. The maximum atomic E-state index is 3.69. The third-order valence-corrected chi connectivity index (χ3v) is 4.74. The monoisotopic (exact) mass is 279 g/mol. The van der Waals surface area contributed by atoms with Gasteiger partial charge >= 0.3 is 0 Å². The van der Waals surface area contributed by atoms with Crippen LogP contribution < -0.4 is 5.32 Å². The molecule has 108 valence electrons. The minimum absolute atomic E-state index is 0.610. The molecule has 0 radical (unpaired) electrons. The van der Waals surface area contributed by atoms with Crippen LogP contribution in [0.5, 0.6) is 0 Å². The van der Waals surface area contributed by atoms with Crippen molar-refractivity contribution in [1.29, 1.82) is 0 Å². The minimum atomic E-state index is 0.610. The van der Waals surface area contributed by atoms with Gasteiger partial charge in [0.05, 0.1) is 0 Å². The molecule has 1 aromatic carbocycles. The fourth-order valence-electron chi connectivity index (χ4n) is 2.12. The van der Waals surface area contributed by atoms with Crippen LogP contribution in [0.2, 0.25) is 0 Å². The summed E-state index contributed by atoms with van der Waals surface area (Å²) in [5.74, 6) is 2.50. The van der Waals surface area contributed by atoms with Crippen molar-refractivity contribution in [3.63, 3.8) is 0 Å². The first-order valence-electron chi connectivity index (χ1n) is 7.54. The molecule has 1 rings (SSSR count). The van der Waals surface area contributed by atoms with E-state index in [0.29, 0.717) is 6.04 Å². The molecule has 0 aliphatic rings. The average molecular weight is 279 g/mol. The van der Waals surface area contributed by atoms with Gasteiger partial charge in [-0.3, -0.25) is 0 Å². The standard InChI is InChI=1S/C17H29NS/c1-5-9-18-17(13-19-10-6-2)12-16-8-7-14(3)15(4)11-16/h7-8,11,17-18H,5-6,9-10,12-13H2,1-4H3. The predicted molar refractivity (Wildman–Crippen MR) is 89.3 cm³/mol. The molecule has 2 heteroatoms. The molecule has 1 aromatic rings. The summed E-state index contributed by atoms with van der Waals surface area (Å²) < 4.78 is 0.